The summed E-state index contributed by atoms with van der Waals surface area (Å²) in [5.41, 5.74) is 1.51. The molecule has 3 aromatic rings. The Morgan fingerprint density at radius 2 is 2.04 bits per heavy atom. The predicted molar refractivity (Wildman–Crippen MR) is 87.9 cm³/mol. The number of ether oxygens (including phenoxy) is 3. The molecule has 0 atom stereocenters. The number of nitrogens with one attached hydrogen (secondary N) is 1. The summed E-state index contributed by atoms with van der Waals surface area (Å²) in [5.74, 6) is 1.97. The molecular weight excluding hydrogens is 312 g/mol. The molecule has 0 aliphatic carbocycles. The highest BCUT2D eigenvalue weighted by Crippen LogP contribution is 2.34. The van der Waals surface area contributed by atoms with E-state index in [1.807, 2.05) is 0 Å². The molecule has 0 saturated carbocycles. The fourth-order valence-corrected chi connectivity index (χ4v) is 2.66. The van der Waals surface area contributed by atoms with Crippen molar-refractivity contribution in [2.24, 2.45) is 0 Å². The summed E-state index contributed by atoms with van der Waals surface area (Å²) in [6.45, 7) is 0.399. The zero-order valence-electron chi connectivity index (χ0n) is 13.1. The van der Waals surface area contributed by atoms with Crippen LogP contribution in [0.1, 0.15) is 0 Å². The van der Waals surface area contributed by atoms with Gasteiger partial charge in [0.05, 0.1) is 26.1 Å². The lowest BCUT2D eigenvalue weighted by Gasteiger charge is -2.09. The van der Waals surface area contributed by atoms with Gasteiger partial charge in [0.1, 0.15) is 28.2 Å². The molecule has 1 aliphatic rings. The SMILES string of the molecule is COc1cc(OC)c2c(=O)cc(-c3cc4c(cn3)OCN4)oc2c1. The number of benzene rings is 1. The van der Waals surface area contributed by atoms with Crippen LogP contribution in [-0.2, 0) is 0 Å². The zero-order chi connectivity index (χ0) is 16.7. The predicted octanol–water partition coefficient (Wildman–Crippen LogP) is 2.63. The van der Waals surface area contributed by atoms with E-state index in [9.17, 15) is 4.79 Å². The van der Waals surface area contributed by atoms with Crippen LogP contribution < -0.4 is 25.0 Å². The van der Waals surface area contributed by atoms with E-state index in [-0.39, 0.29) is 5.43 Å². The minimum atomic E-state index is -0.211. The minimum Gasteiger partial charge on any atom is -0.496 e. The van der Waals surface area contributed by atoms with Gasteiger partial charge in [-0.2, -0.15) is 0 Å². The lowest BCUT2D eigenvalue weighted by molar-refractivity contribution is 0.371. The molecule has 7 nitrogen and oxygen atoms in total. The Balaban J connectivity index is 1.93. The van der Waals surface area contributed by atoms with Crippen molar-refractivity contribution in [3.63, 3.8) is 0 Å². The quantitative estimate of drug-likeness (QED) is 0.792. The number of rotatable bonds is 3. The summed E-state index contributed by atoms with van der Waals surface area (Å²) in [4.78, 5) is 16.8. The van der Waals surface area contributed by atoms with Crippen molar-refractivity contribution < 1.29 is 18.6 Å². The summed E-state index contributed by atoms with van der Waals surface area (Å²) in [7, 11) is 3.03. The van der Waals surface area contributed by atoms with Gasteiger partial charge in [-0.25, -0.2) is 4.98 Å². The van der Waals surface area contributed by atoms with Crippen LogP contribution in [0.5, 0.6) is 17.2 Å². The number of hydrogen-bond donors (Lipinski definition) is 1. The second-order valence-corrected chi connectivity index (χ2v) is 5.21. The molecule has 0 saturated heterocycles. The molecule has 2 aromatic heterocycles. The average Bonchev–Trinajstić information content (AvgIpc) is 3.08. The fourth-order valence-electron chi connectivity index (χ4n) is 2.66. The number of nitrogens with zero attached hydrogens (tertiary/aromatic N) is 1. The van der Waals surface area contributed by atoms with Crippen LogP contribution in [0.2, 0.25) is 0 Å². The standard InChI is InChI=1S/C17H14N2O5/c1-21-9-3-14(22-2)17-12(20)6-13(24-15(17)4-9)10-5-11-16(7-18-10)23-8-19-11/h3-7,19H,8H2,1-2H3. The highest BCUT2D eigenvalue weighted by Gasteiger charge is 2.17. The highest BCUT2D eigenvalue weighted by molar-refractivity contribution is 5.86. The van der Waals surface area contributed by atoms with Gasteiger partial charge >= 0.3 is 0 Å². The Labute approximate surface area is 136 Å². The molecule has 122 valence electrons. The highest BCUT2D eigenvalue weighted by atomic mass is 16.5. The molecule has 0 amide bonds. The number of methoxy groups -OCH3 is 2. The monoisotopic (exact) mass is 326 g/mol. The molecule has 0 bridgehead atoms. The molecule has 1 aromatic carbocycles. The average molecular weight is 326 g/mol. The molecule has 24 heavy (non-hydrogen) atoms. The van der Waals surface area contributed by atoms with Gasteiger partial charge in [-0.3, -0.25) is 4.79 Å². The Morgan fingerprint density at radius 3 is 2.83 bits per heavy atom. The van der Waals surface area contributed by atoms with Gasteiger partial charge in [0.15, 0.2) is 23.7 Å². The molecule has 1 aliphatic heterocycles. The number of pyridine rings is 1. The van der Waals surface area contributed by atoms with Crippen molar-refractivity contribution >= 4 is 16.7 Å². The molecular formula is C17H14N2O5. The normalized spacial score (nSPS) is 12.4. The van der Waals surface area contributed by atoms with Gasteiger partial charge in [0.25, 0.3) is 0 Å². The van der Waals surface area contributed by atoms with Crippen molar-refractivity contribution in [3.8, 4) is 28.7 Å². The van der Waals surface area contributed by atoms with Gasteiger partial charge in [-0.1, -0.05) is 0 Å². The molecule has 0 radical (unpaired) electrons. The molecule has 0 fully saturated rings. The number of aromatic nitrogens is 1. The van der Waals surface area contributed by atoms with Crippen LogP contribution in [0.25, 0.3) is 22.4 Å². The maximum Gasteiger partial charge on any atom is 0.197 e. The number of hydrogen-bond acceptors (Lipinski definition) is 7. The van der Waals surface area contributed by atoms with Crippen molar-refractivity contribution in [2.75, 3.05) is 26.3 Å². The van der Waals surface area contributed by atoms with Gasteiger partial charge in [-0.05, 0) is 6.07 Å². The van der Waals surface area contributed by atoms with Crippen molar-refractivity contribution in [3.05, 3.63) is 40.7 Å². The van der Waals surface area contributed by atoms with Crippen LogP contribution >= 0.6 is 0 Å². The number of anilines is 1. The third-order valence-corrected chi connectivity index (χ3v) is 3.83. The summed E-state index contributed by atoms with van der Waals surface area (Å²) in [5, 5.41) is 3.44. The summed E-state index contributed by atoms with van der Waals surface area (Å²) in [6, 6.07) is 6.48. The number of fused-ring (bicyclic) bond motifs is 2. The first kappa shape index (κ1) is 14.4. The largest absolute Gasteiger partial charge is 0.496 e. The van der Waals surface area contributed by atoms with Gasteiger partial charge in [0.2, 0.25) is 0 Å². The maximum atomic E-state index is 12.5. The lowest BCUT2D eigenvalue weighted by Crippen LogP contribution is -2.03. The van der Waals surface area contributed by atoms with Gasteiger partial charge in [0, 0.05) is 18.2 Å². The van der Waals surface area contributed by atoms with Crippen molar-refractivity contribution in [2.45, 2.75) is 0 Å². The van der Waals surface area contributed by atoms with E-state index in [1.165, 1.54) is 20.3 Å². The van der Waals surface area contributed by atoms with Crippen molar-refractivity contribution in [1.82, 2.24) is 4.98 Å². The van der Waals surface area contributed by atoms with Crippen LogP contribution in [0.4, 0.5) is 5.69 Å². The van der Waals surface area contributed by atoms with E-state index >= 15 is 0 Å². The molecule has 0 unspecified atom stereocenters. The van der Waals surface area contributed by atoms with E-state index < -0.39 is 0 Å². The first-order chi connectivity index (χ1) is 11.7. The molecule has 0 spiro atoms. The smallest absolute Gasteiger partial charge is 0.197 e. The van der Waals surface area contributed by atoms with E-state index in [0.717, 1.165) is 5.69 Å². The molecule has 3 heterocycles. The van der Waals surface area contributed by atoms with Crippen LogP contribution in [0.3, 0.4) is 0 Å². The Hall–Kier alpha value is -3.22. The Bertz CT molecular complexity index is 996. The summed E-state index contributed by atoms with van der Waals surface area (Å²) >= 11 is 0. The zero-order valence-corrected chi connectivity index (χ0v) is 13.1. The topological polar surface area (TPSA) is 82.8 Å². The second-order valence-electron chi connectivity index (χ2n) is 5.21. The first-order valence-electron chi connectivity index (χ1n) is 7.26. The Morgan fingerprint density at radius 1 is 1.17 bits per heavy atom. The minimum absolute atomic E-state index is 0.211. The first-order valence-corrected chi connectivity index (χ1v) is 7.26. The van der Waals surface area contributed by atoms with E-state index in [1.54, 1.807) is 24.4 Å². The van der Waals surface area contributed by atoms with E-state index in [2.05, 4.69) is 10.3 Å². The van der Waals surface area contributed by atoms with Crippen LogP contribution in [0, 0.1) is 0 Å². The summed E-state index contributed by atoms with van der Waals surface area (Å²) in [6.07, 6.45) is 1.60. The Kier molecular flexibility index (Phi) is 3.26. The van der Waals surface area contributed by atoms with E-state index in [4.69, 9.17) is 18.6 Å². The lowest BCUT2D eigenvalue weighted by atomic mass is 10.1. The van der Waals surface area contributed by atoms with Gasteiger partial charge < -0.3 is 23.9 Å². The fraction of sp³-hybridized carbons (Fsp3) is 0.176. The van der Waals surface area contributed by atoms with Crippen LogP contribution in [0.15, 0.2) is 39.7 Å². The maximum absolute atomic E-state index is 12.5. The van der Waals surface area contributed by atoms with Crippen molar-refractivity contribution in [1.29, 1.82) is 0 Å². The van der Waals surface area contributed by atoms with E-state index in [0.29, 0.717) is 46.4 Å². The third-order valence-electron chi connectivity index (χ3n) is 3.83. The summed E-state index contributed by atoms with van der Waals surface area (Å²) < 4.78 is 21.7. The van der Waals surface area contributed by atoms with Gasteiger partial charge in [-0.15, -0.1) is 0 Å². The molecule has 7 heteroatoms. The van der Waals surface area contributed by atoms with Crippen LogP contribution in [-0.4, -0.2) is 25.9 Å². The molecule has 4 rings (SSSR count). The second kappa shape index (κ2) is 5.45. The third kappa shape index (κ3) is 2.21. The molecule has 1 N–H and O–H groups in total.